The molecule has 1 aromatic rings. The minimum absolute atomic E-state index is 0.0257. The Balaban J connectivity index is 2.35. The first-order chi connectivity index (χ1) is 8.47. The van der Waals surface area contributed by atoms with Gasteiger partial charge in [0.05, 0.1) is 0 Å². The minimum atomic E-state index is -0.867. The lowest BCUT2D eigenvalue weighted by molar-refractivity contribution is -0.138. The second-order valence-corrected chi connectivity index (χ2v) is 4.67. The van der Waals surface area contributed by atoms with Gasteiger partial charge in [-0.25, -0.2) is 0 Å². The Morgan fingerprint density at radius 3 is 2.67 bits per heavy atom. The molecule has 4 heteroatoms. The molecule has 0 radical (unpaired) electrons. The van der Waals surface area contributed by atoms with E-state index in [-0.39, 0.29) is 24.7 Å². The number of carboxylic acids is 1. The summed E-state index contributed by atoms with van der Waals surface area (Å²) in [5, 5.41) is 11.4. The molecule has 1 amide bonds. The van der Waals surface area contributed by atoms with Gasteiger partial charge in [-0.1, -0.05) is 36.8 Å². The third-order valence-electron chi connectivity index (χ3n) is 2.63. The number of nitrogens with one attached hydrogen (secondary N) is 1. The number of carbonyl (C=O) groups excluding carboxylic acids is 1. The Morgan fingerprint density at radius 2 is 2.06 bits per heavy atom. The SMILES string of the molecule is Cc1cccc(CNC(=O)CC(C)CC(=O)O)c1. The Bertz CT molecular complexity index is 429. The van der Waals surface area contributed by atoms with E-state index < -0.39 is 5.97 Å². The summed E-state index contributed by atoms with van der Waals surface area (Å²) in [6.45, 7) is 4.25. The average Bonchev–Trinajstić information content (AvgIpc) is 2.25. The number of hydrogen-bond acceptors (Lipinski definition) is 2. The summed E-state index contributed by atoms with van der Waals surface area (Å²) in [6.07, 6.45) is 0.274. The molecule has 0 aliphatic heterocycles. The number of hydrogen-bond donors (Lipinski definition) is 2. The summed E-state index contributed by atoms with van der Waals surface area (Å²) < 4.78 is 0. The lowest BCUT2D eigenvalue weighted by Gasteiger charge is -2.09. The molecule has 0 fully saturated rings. The first-order valence-electron chi connectivity index (χ1n) is 6.01. The third-order valence-corrected chi connectivity index (χ3v) is 2.63. The molecule has 1 rings (SSSR count). The first kappa shape index (κ1) is 14.2. The highest BCUT2D eigenvalue weighted by Crippen LogP contribution is 2.08. The highest BCUT2D eigenvalue weighted by Gasteiger charge is 2.12. The predicted octanol–water partition coefficient (Wildman–Crippen LogP) is 2.11. The fraction of sp³-hybridized carbons (Fsp3) is 0.429. The van der Waals surface area contributed by atoms with Gasteiger partial charge in [-0.3, -0.25) is 9.59 Å². The minimum Gasteiger partial charge on any atom is -0.481 e. The van der Waals surface area contributed by atoms with Crippen LogP contribution in [0, 0.1) is 12.8 Å². The molecular weight excluding hydrogens is 230 g/mol. The van der Waals surface area contributed by atoms with Crippen LogP contribution in [-0.2, 0) is 16.1 Å². The summed E-state index contributed by atoms with van der Waals surface area (Å²) in [5.74, 6) is -1.11. The molecule has 0 aliphatic carbocycles. The maximum absolute atomic E-state index is 11.6. The molecule has 1 unspecified atom stereocenters. The summed E-state index contributed by atoms with van der Waals surface area (Å²) in [6, 6.07) is 7.92. The van der Waals surface area contributed by atoms with E-state index in [9.17, 15) is 9.59 Å². The van der Waals surface area contributed by atoms with Crippen molar-refractivity contribution in [2.75, 3.05) is 0 Å². The van der Waals surface area contributed by atoms with E-state index in [1.807, 2.05) is 31.2 Å². The molecule has 2 N–H and O–H groups in total. The molecule has 4 nitrogen and oxygen atoms in total. The molecule has 0 aliphatic rings. The number of carbonyl (C=O) groups is 2. The van der Waals surface area contributed by atoms with E-state index in [0.717, 1.165) is 11.1 Å². The van der Waals surface area contributed by atoms with Crippen LogP contribution in [0.5, 0.6) is 0 Å². The molecule has 0 saturated heterocycles. The topological polar surface area (TPSA) is 66.4 Å². The van der Waals surface area contributed by atoms with E-state index in [2.05, 4.69) is 5.32 Å². The highest BCUT2D eigenvalue weighted by molar-refractivity contribution is 5.77. The van der Waals surface area contributed by atoms with E-state index in [1.54, 1.807) is 6.92 Å². The van der Waals surface area contributed by atoms with E-state index in [0.29, 0.717) is 6.54 Å². The summed E-state index contributed by atoms with van der Waals surface area (Å²) in [4.78, 5) is 22.1. The Hall–Kier alpha value is -1.84. The van der Waals surface area contributed by atoms with Gasteiger partial charge in [0.1, 0.15) is 0 Å². The summed E-state index contributed by atoms with van der Waals surface area (Å²) >= 11 is 0. The van der Waals surface area contributed by atoms with Gasteiger partial charge in [-0.2, -0.15) is 0 Å². The fourth-order valence-electron chi connectivity index (χ4n) is 1.78. The lowest BCUT2D eigenvalue weighted by atomic mass is 10.0. The van der Waals surface area contributed by atoms with E-state index in [1.165, 1.54) is 0 Å². The van der Waals surface area contributed by atoms with Crippen LogP contribution in [0.1, 0.15) is 30.9 Å². The zero-order chi connectivity index (χ0) is 13.5. The summed E-state index contributed by atoms with van der Waals surface area (Å²) in [5.41, 5.74) is 2.20. The highest BCUT2D eigenvalue weighted by atomic mass is 16.4. The molecular formula is C14H19NO3. The van der Waals surface area contributed by atoms with Crippen LogP contribution in [0.25, 0.3) is 0 Å². The van der Waals surface area contributed by atoms with Crippen LogP contribution in [0.15, 0.2) is 24.3 Å². The van der Waals surface area contributed by atoms with Crippen molar-refractivity contribution >= 4 is 11.9 Å². The van der Waals surface area contributed by atoms with Gasteiger partial charge in [0, 0.05) is 19.4 Å². The van der Waals surface area contributed by atoms with Gasteiger partial charge >= 0.3 is 5.97 Å². The number of rotatable bonds is 6. The van der Waals surface area contributed by atoms with Crippen LogP contribution in [-0.4, -0.2) is 17.0 Å². The molecule has 0 heterocycles. The second-order valence-electron chi connectivity index (χ2n) is 4.67. The van der Waals surface area contributed by atoms with Crippen LogP contribution < -0.4 is 5.32 Å². The number of aliphatic carboxylic acids is 1. The van der Waals surface area contributed by atoms with Gasteiger partial charge in [-0.15, -0.1) is 0 Å². The van der Waals surface area contributed by atoms with Crippen LogP contribution >= 0.6 is 0 Å². The molecule has 0 bridgehead atoms. The number of benzene rings is 1. The van der Waals surface area contributed by atoms with Gasteiger partial charge in [0.15, 0.2) is 0 Å². The first-order valence-corrected chi connectivity index (χ1v) is 6.01. The maximum atomic E-state index is 11.6. The smallest absolute Gasteiger partial charge is 0.303 e. The largest absolute Gasteiger partial charge is 0.481 e. The maximum Gasteiger partial charge on any atom is 0.303 e. The van der Waals surface area contributed by atoms with Gasteiger partial charge < -0.3 is 10.4 Å². The average molecular weight is 249 g/mol. The zero-order valence-electron chi connectivity index (χ0n) is 10.8. The normalized spacial score (nSPS) is 11.9. The summed E-state index contributed by atoms with van der Waals surface area (Å²) in [7, 11) is 0. The van der Waals surface area contributed by atoms with Crippen molar-refractivity contribution in [1.29, 1.82) is 0 Å². The molecule has 0 spiro atoms. The Kier molecular flexibility index (Phi) is 5.36. The molecule has 98 valence electrons. The van der Waals surface area contributed by atoms with Crippen LogP contribution in [0.2, 0.25) is 0 Å². The Labute approximate surface area is 107 Å². The van der Waals surface area contributed by atoms with Crippen molar-refractivity contribution in [2.24, 2.45) is 5.92 Å². The monoisotopic (exact) mass is 249 g/mol. The predicted molar refractivity (Wildman–Crippen MR) is 69.1 cm³/mol. The quantitative estimate of drug-likeness (QED) is 0.811. The second kappa shape index (κ2) is 6.79. The van der Waals surface area contributed by atoms with Crippen LogP contribution in [0.4, 0.5) is 0 Å². The van der Waals surface area contributed by atoms with Crippen molar-refractivity contribution in [3.63, 3.8) is 0 Å². The standard InChI is InChI=1S/C14H19NO3/c1-10-4-3-5-12(6-10)9-15-13(16)7-11(2)8-14(17)18/h3-6,11H,7-9H2,1-2H3,(H,15,16)(H,17,18). The van der Waals surface area contributed by atoms with Crippen molar-refractivity contribution in [3.05, 3.63) is 35.4 Å². The third kappa shape index (κ3) is 5.48. The lowest BCUT2D eigenvalue weighted by Crippen LogP contribution is -2.25. The van der Waals surface area contributed by atoms with Crippen molar-refractivity contribution < 1.29 is 14.7 Å². The fourth-order valence-corrected chi connectivity index (χ4v) is 1.78. The Morgan fingerprint density at radius 1 is 1.33 bits per heavy atom. The van der Waals surface area contributed by atoms with Gasteiger partial charge in [0.2, 0.25) is 5.91 Å². The zero-order valence-corrected chi connectivity index (χ0v) is 10.8. The van der Waals surface area contributed by atoms with E-state index in [4.69, 9.17) is 5.11 Å². The molecule has 1 aromatic carbocycles. The van der Waals surface area contributed by atoms with Crippen molar-refractivity contribution in [1.82, 2.24) is 5.32 Å². The molecule has 0 saturated carbocycles. The van der Waals surface area contributed by atoms with Crippen molar-refractivity contribution in [3.8, 4) is 0 Å². The number of amides is 1. The number of carboxylic acid groups (broad SMARTS) is 1. The van der Waals surface area contributed by atoms with Gasteiger partial charge in [0.25, 0.3) is 0 Å². The van der Waals surface area contributed by atoms with Gasteiger partial charge in [-0.05, 0) is 18.4 Å². The van der Waals surface area contributed by atoms with Crippen LogP contribution in [0.3, 0.4) is 0 Å². The number of aryl methyl sites for hydroxylation is 1. The van der Waals surface area contributed by atoms with Crippen molar-refractivity contribution in [2.45, 2.75) is 33.2 Å². The molecule has 0 aromatic heterocycles. The van der Waals surface area contributed by atoms with E-state index >= 15 is 0 Å². The molecule has 1 atom stereocenters. The molecule has 18 heavy (non-hydrogen) atoms.